The van der Waals surface area contributed by atoms with Crippen LogP contribution in [0.3, 0.4) is 0 Å². The second-order valence-electron chi connectivity index (χ2n) is 6.00. The van der Waals surface area contributed by atoms with Crippen LogP contribution in [-0.2, 0) is 6.42 Å². The van der Waals surface area contributed by atoms with Gasteiger partial charge in [-0.25, -0.2) is 9.97 Å². The molecule has 1 aromatic carbocycles. The van der Waals surface area contributed by atoms with Gasteiger partial charge in [0.15, 0.2) is 11.6 Å². The minimum Gasteiger partial charge on any atom is -0.494 e. The molecule has 5 nitrogen and oxygen atoms in total. The summed E-state index contributed by atoms with van der Waals surface area (Å²) >= 11 is 0. The number of nitrogens with one attached hydrogen (secondary N) is 1. The topological polar surface area (TPSA) is 56.3 Å². The molecule has 0 saturated carbocycles. The third-order valence-corrected chi connectivity index (χ3v) is 3.92. The van der Waals surface area contributed by atoms with E-state index in [-0.39, 0.29) is 0 Å². The Kier molecular flexibility index (Phi) is 8.02. The number of hydrogen-bond acceptors (Lipinski definition) is 5. The van der Waals surface area contributed by atoms with Crippen molar-refractivity contribution >= 4 is 5.82 Å². The number of hydrogen-bond donors (Lipinski definition) is 1. The highest BCUT2D eigenvalue weighted by molar-refractivity contribution is 5.47. The molecule has 0 radical (unpaired) electrons. The zero-order chi connectivity index (χ0) is 17.9. The van der Waals surface area contributed by atoms with E-state index < -0.39 is 0 Å². The highest BCUT2D eigenvalue weighted by atomic mass is 16.5. The molecule has 1 heterocycles. The first kappa shape index (κ1) is 19.0. The van der Waals surface area contributed by atoms with Gasteiger partial charge in [0.1, 0.15) is 12.1 Å². The summed E-state index contributed by atoms with van der Waals surface area (Å²) in [5.41, 5.74) is 2.44. The molecular formula is C20H29N3O2. The summed E-state index contributed by atoms with van der Waals surface area (Å²) in [5.74, 6) is 2.47. The first-order chi connectivity index (χ1) is 12.2. The van der Waals surface area contributed by atoms with Gasteiger partial charge in [0.25, 0.3) is 0 Å². The van der Waals surface area contributed by atoms with E-state index in [2.05, 4.69) is 47.3 Å². The molecule has 0 unspecified atom stereocenters. The number of anilines is 1. The zero-order valence-electron chi connectivity index (χ0n) is 15.5. The van der Waals surface area contributed by atoms with E-state index >= 15 is 0 Å². The summed E-state index contributed by atoms with van der Waals surface area (Å²) in [7, 11) is 0. The fourth-order valence-corrected chi connectivity index (χ4v) is 2.51. The van der Waals surface area contributed by atoms with Crippen LogP contribution in [0.1, 0.15) is 44.2 Å². The smallest absolute Gasteiger partial charge is 0.179 e. The lowest BCUT2D eigenvalue weighted by atomic mass is 10.1. The number of unbranched alkanes of at least 4 members (excludes halogenated alkanes) is 1. The van der Waals surface area contributed by atoms with E-state index in [1.807, 2.05) is 6.92 Å². The van der Waals surface area contributed by atoms with Crippen LogP contribution in [0.25, 0.3) is 0 Å². The Bertz CT molecular complexity index is 647. The Morgan fingerprint density at radius 2 is 1.96 bits per heavy atom. The van der Waals surface area contributed by atoms with Crippen molar-refractivity contribution in [3.05, 3.63) is 41.9 Å². The summed E-state index contributed by atoms with van der Waals surface area (Å²) in [6.07, 6.45) is 7.40. The first-order valence-corrected chi connectivity index (χ1v) is 9.13. The Morgan fingerprint density at radius 3 is 2.76 bits per heavy atom. The number of rotatable bonds is 11. The predicted molar refractivity (Wildman–Crippen MR) is 102 cm³/mol. The SMILES string of the molecule is CCCCNc1ncncc1OCCCc1ccc(C)c(OCC)c1. The monoisotopic (exact) mass is 343 g/mol. The van der Waals surface area contributed by atoms with Gasteiger partial charge in [0, 0.05) is 6.54 Å². The van der Waals surface area contributed by atoms with Gasteiger partial charge in [-0.2, -0.15) is 0 Å². The van der Waals surface area contributed by atoms with E-state index in [0.717, 1.165) is 49.5 Å². The average molecular weight is 343 g/mol. The van der Waals surface area contributed by atoms with Crippen molar-refractivity contribution in [2.75, 3.05) is 25.1 Å². The highest BCUT2D eigenvalue weighted by Gasteiger charge is 2.05. The maximum absolute atomic E-state index is 5.87. The lowest BCUT2D eigenvalue weighted by molar-refractivity contribution is 0.309. The molecule has 0 amide bonds. The average Bonchev–Trinajstić information content (AvgIpc) is 2.63. The van der Waals surface area contributed by atoms with Crippen molar-refractivity contribution in [3.8, 4) is 11.5 Å². The first-order valence-electron chi connectivity index (χ1n) is 9.13. The van der Waals surface area contributed by atoms with Crippen molar-refractivity contribution in [3.63, 3.8) is 0 Å². The quantitative estimate of drug-likeness (QED) is 0.613. The highest BCUT2D eigenvalue weighted by Crippen LogP contribution is 2.22. The number of aryl methyl sites for hydroxylation is 2. The van der Waals surface area contributed by atoms with E-state index in [0.29, 0.717) is 13.2 Å². The van der Waals surface area contributed by atoms with E-state index in [9.17, 15) is 0 Å². The molecule has 0 spiro atoms. The van der Waals surface area contributed by atoms with Gasteiger partial charge in [-0.3, -0.25) is 0 Å². The minimum absolute atomic E-state index is 0.633. The van der Waals surface area contributed by atoms with Gasteiger partial charge in [0.05, 0.1) is 19.4 Å². The van der Waals surface area contributed by atoms with Crippen LogP contribution in [0.4, 0.5) is 5.82 Å². The van der Waals surface area contributed by atoms with Crippen molar-refractivity contribution in [2.45, 2.75) is 46.5 Å². The predicted octanol–water partition coefficient (Wildman–Crippen LogP) is 4.41. The largest absolute Gasteiger partial charge is 0.494 e. The normalized spacial score (nSPS) is 10.5. The fraction of sp³-hybridized carbons (Fsp3) is 0.500. The third kappa shape index (κ3) is 6.25. The van der Waals surface area contributed by atoms with E-state index in [1.54, 1.807) is 12.5 Å². The van der Waals surface area contributed by atoms with Gasteiger partial charge >= 0.3 is 0 Å². The van der Waals surface area contributed by atoms with Crippen molar-refractivity contribution in [2.24, 2.45) is 0 Å². The molecule has 0 saturated heterocycles. The molecule has 5 heteroatoms. The number of nitrogens with zero attached hydrogens (tertiary/aromatic N) is 2. The fourth-order valence-electron chi connectivity index (χ4n) is 2.51. The molecule has 1 aromatic heterocycles. The molecule has 0 aliphatic heterocycles. The molecule has 136 valence electrons. The van der Waals surface area contributed by atoms with Crippen LogP contribution in [0.2, 0.25) is 0 Å². The van der Waals surface area contributed by atoms with Crippen LogP contribution < -0.4 is 14.8 Å². The summed E-state index contributed by atoms with van der Waals surface area (Å²) in [4.78, 5) is 8.33. The van der Waals surface area contributed by atoms with Crippen LogP contribution >= 0.6 is 0 Å². The summed E-state index contributed by atoms with van der Waals surface area (Å²) in [5, 5.41) is 3.31. The molecule has 0 atom stereocenters. The van der Waals surface area contributed by atoms with Gasteiger partial charge in [-0.1, -0.05) is 25.5 Å². The summed E-state index contributed by atoms with van der Waals surface area (Å²) in [6.45, 7) is 8.46. The zero-order valence-corrected chi connectivity index (χ0v) is 15.5. The maximum atomic E-state index is 5.87. The van der Waals surface area contributed by atoms with Crippen molar-refractivity contribution < 1.29 is 9.47 Å². The number of benzene rings is 1. The van der Waals surface area contributed by atoms with Gasteiger partial charge in [-0.05, 0) is 50.3 Å². The second-order valence-corrected chi connectivity index (χ2v) is 6.00. The van der Waals surface area contributed by atoms with Crippen LogP contribution in [0.5, 0.6) is 11.5 Å². The van der Waals surface area contributed by atoms with Crippen LogP contribution in [-0.4, -0.2) is 29.7 Å². The minimum atomic E-state index is 0.633. The lowest BCUT2D eigenvalue weighted by Crippen LogP contribution is -2.07. The standard InChI is InChI=1S/C20H29N3O2/c1-4-6-11-22-20-19(14-21-15-23-20)25-12-7-8-17-10-9-16(3)18(13-17)24-5-2/h9-10,13-15H,4-8,11-12H2,1-3H3,(H,21,22,23). The number of aromatic nitrogens is 2. The van der Waals surface area contributed by atoms with Gasteiger partial charge in [0.2, 0.25) is 0 Å². The van der Waals surface area contributed by atoms with Crippen molar-refractivity contribution in [1.82, 2.24) is 9.97 Å². The molecule has 1 N–H and O–H groups in total. The third-order valence-electron chi connectivity index (χ3n) is 3.92. The maximum Gasteiger partial charge on any atom is 0.179 e. The van der Waals surface area contributed by atoms with Crippen molar-refractivity contribution in [1.29, 1.82) is 0 Å². The molecular weight excluding hydrogens is 314 g/mol. The Labute approximate surface area is 150 Å². The van der Waals surface area contributed by atoms with Gasteiger partial charge < -0.3 is 14.8 Å². The Hall–Kier alpha value is -2.30. The summed E-state index contributed by atoms with van der Waals surface area (Å²) < 4.78 is 11.5. The molecule has 0 aliphatic carbocycles. The molecule has 2 rings (SSSR count). The Balaban J connectivity index is 1.82. The van der Waals surface area contributed by atoms with Crippen LogP contribution in [0.15, 0.2) is 30.7 Å². The summed E-state index contributed by atoms with van der Waals surface area (Å²) in [6, 6.07) is 6.39. The Morgan fingerprint density at radius 1 is 1.08 bits per heavy atom. The molecule has 0 fully saturated rings. The molecule has 25 heavy (non-hydrogen) atoms. The molecule has 2 aromatic rings. The van der Waals surface area contributed by atoms with E-state index in [4.69, 9.17) is 9.47 Å². The van der Waals surface area contributed by atoms with Crippen LogP contribution in [0, 0.1) is 6.92 Å². The second kappa shape index (κ2) is 10.5. The molecule has 0 bridgehead atoms. The molecule has 0 aliphatic rings. The van der Waals surface area contributed by atoms with E-state index in [1.165, 1.54) is 11.1 Å². The van der Waals surface area contributed by atoms with Gasteiger partial charge in [-0.15, -0.1) is 0 Å². The number of ether oxygens (including phenoxy) is 2. The lowest BCUT2D eigenvalue weighted by Gasteiger charge is -2.12.